The van der Waals surface area contributed by atoms with Gasteiger partial charge in [-0.05, 0) is 43.4 Å². The van der Waals surface area contributed by atoms with Gasteiger partial charge in [0.05, 0.1) is 12.1 Å². The molecule has 0 unspecified atom stereocenters. The summed E-state index contributed by atoms with van der Waals surface area (Å²) in [6, 6.07) is 13.4. The molecule has 2 aromatic carbocycles. The lowest BCUT2D eigenvalue weighted by Crippen LogP contribution is -2.24. The second-order valence-corrected chi connectivity index (χ2v) is 6.36. The quantitative estimate of drug-likeness (QED) is 0.518. The van der Waals surface area contributed by atoms with Crippen molar-refractivity contribution in [1.82, 2.24) is 15.0 Å². The maximum absolute atomic E-state index is 12.5. The highest BCUT2D eigenvalue weighted by Gasteiger charge is 2.16. The molecule has 148 valence electrons. The first kappa shape index (κ1) is 20.0. The van der Waals surface area contributed by atoms with Gasteiger partial charge in [-0.3, -0.25) is 4.90 Å². The number of alkyl halides is 2. The molecule has 1 aromatic heterocycles. The van der Waals surface area contributed by atoms with Gasteiger partial charge in [0, 0.05) is 11.6 Å². The normalized spacial score (nSPS) is 11.2. The number of likely N-dealkylation sites (N-methyl/N-ethyl adjacent to an activating group) is 1. The van der Waals surface area contributed by atoms with Crippen molar-refractivity contribution >= 4 is 11.6 Å². The smallest absolute Gasteiger partial charge is 0.387 e. The van der Waals surface area contributed by atoms with Crippen LogP contribution >= 0.6 is 11.6 Å². The van der Waals surface area contributed by atoms with Gasteiger partial charge in [0.1, 0.15) is 18.1 Å². The molecule has 0 spiro atoms. The van der Waals surface area contributed by atoms with Gasteiger partial charge >= 0.3 is 6.61 Å². The molecular weight excluding hydrogens is 392 g/mol. The van der Waals surface area contributed by atoms with E-state index in [0.29, 0.717) is 36.2 Å². The van der Waals surface area contributed by atoms with Crippen molar-refractivity contribution in [1.29, 1.82) is 0 Å². The third kappa shape index (κ3) is 5.64. The Morgan fingerprint density at radius 3 is 2.64 bits per heavy atom. The van der Waals surface area contributed by atoms with Crippen molar-refractivity contribution in [3.8, 4) is 22.9 Å². The minimum Gasteiger partial charge on any atom is -0.492 e. The summed E-state index contributed by atoms with van der Waals surface area (Å²) in [6.45, 7) is -1.47. The fourth-order valence-corrected chi connectivity index (χ4v) is 2.56. The van der Waals surface area contributed by atoms with Gasteiger partial charge in [-0.25, -0.2) is 0 Å². The van der Waals surface area contributed by atoms with Crippen LogP contribution in [0.3, 0.4) is 0 Å². The highest BCUT2D eigenvalue weighted by atomic mass is 35.5. The van der Waals surface area contributed by atoms with Gasteiger partial charge in [0.15, 0.2) is 0 Å². The van der Waals surface area contributed by atoms with E-state index >= 15 is 0 Å². The molecule has 0 amide bonds. The molecule has 0 bridgehead atoms. The zero-order valence-electron chi connectivity index (χ0n) is 15.0. The second kappa shape index (κ2) is 9.48. The topological polar surface area (TPSA) is 60.6 Å². The molecule has 0 aliphatic heterocycles. The van der Waals surface area contributed by atoms with E-state index in [9.17, 15) is 8.78 Å². The van der Waals surface area contributed by atoms with Crippen molar-refractivity contribution in [3.63, 3.8) is 0 Å². The maximum Gasteiger partial charge on any atom is 0.387 e. The zero-order valence-corrected chi connectivity index (χ0v) is 15.8. The number of benzene rings is 2. The molecule has 0 atom stereocenters. The Morgan fingerprint density at radius 1 is 1.14 bits per heavy atom. The van der Waals surface area contributed by atoms with Crippen LogP contribution in [0.2, 0.25) is 5.02 Å². The summed E-state index contributed by atoms with van der Waals surface area (Å²) in [4.78, 5) is 6.20. The Bertz CT molecular complexity index is 890. The van der Waals surface area contributed by atoms with Gasteiger partial charge in [0.2, 0.25) is 11.7 Å². The van der Waals surface area contributed by atoms with Gasteiger partial charge in [-0.1, -0.05) is 28.9 Å². The van der Waals surface area contributed by atoms with E-state index in [4.69, 9.17) is 20.9 Å². The standard InChI is InChI=1S/C19H18ClF2N3O3/c1-25(10-11-26-14-8-6-13(20)7-9-14)12-17-23-18(24-28-17)15-4-2-3-5-16(15)27-19(21)22/h2-9,19H,10-12H2,1H3. The summed E-state index contributed by atoms with van der Waals surface area (Å²) in [7, 11) is 1.88. The van der Waals surface area contributed by atoms with Crippen molar-refractivity contribution < 1.29 is 22.8 Å². The zero-order chi connectivity index (χ0) is 19.9. The lowest BCUT2D eigenvalue weighted by atomic mass is 10.2. The third-order valence-corrected chi connectivity index (χ3v) is 4.02. The lowest BCUT2D eigenvalue weighted by molar-refractivity contribution is -0.0494. The summed E-state index contributed by atoms with van der Waals surface area (Å²) < 4.78 is 40.5. The Kier molecular flexibility index (Phi) is 6.78. The van der Waals surface area contributed by atoms with Crippen LogP contribution in [0.1, 0.15) is 5.89 Å². The van der Waals surface area contributed by atoms with Crippen LogP contribution < -0.4 is 9.47 Å². The van der Waals surface area contributed by atoms with E-state index in [1.54, 1.807) is 42.5 Å². The van der Waals surface area contributed by atoms with E-state index in [1.807, 2.05) is 11.9 Å². The molecule has 0 fully saturated rings. The van der Waals surface area contributed by atoms with Crippen molar-refractivity contribution in [2.24, 2.45) is 0 Å². The van der Waals surface area contributed by atoms with Gasteiger partial charge in [-0.2, -0.15) is 13.8 Å². The van der Waals surface area contributed by atoms with Crippen LogP contribution in [0.15, 0.2) is 53.1 Å². The third-order valence-electron chi connectivity index (χ3n) is 3.77. The summed E-state index contributed by atoms with van der Waals surface area (Å²) in [5, 5.41) is 4.51. The monoisotopic (exact) mass is 409 g/mol. The fraction of sp³-hybridized carbons (Fsp3) is 0.263. The van der Waals surface area contributed by atoms with Crippen LogP contribution in [0, 0.1) is 0 Å². The fourth-order valence-electron chi connectivity index (χ4n) is 2.44. The number of halogens is 3. The maximum atomic E-state index is 12.5. The molecule has 1 heterocycles. The van der Waals surface area contributed by atoms with E-state index < -0.39 is 6.61 Å². The molecule has 0 N–H and O–H groups in total. The Morgan fingerprint density at radius 2 is 1.89 bits per heavy atom. The molecule has 28 heavy (non-hydrogen) atoms. The van der Waals surface area contributed by atoms with E-state index in [2.05, 4.69) is 14.9 Å². The number of hydrogen-bond donors (Lipinski definition) is 0. The molecular formula is C19H18ClF2N3O3. The molecule has 3 rings (SSSR count). The number of para-hydroxylation sites is 1. The highest BCUT2D eigenvalue weighted by Crippen LogP contribution is 2.28. The van der Waals surface area contributed by atoms with E-state index in [0.717, 1.165) is 5.75 Å². The Balaban J connectivity index is 1.55. The molecule has 3 aromatic rings. The van der Waals surface area contributed by atoms with Gasteiger partial charge < -0.3 is 14.0 Å². The summed E-state index contributed by atoms with van der Waals surface area (Å²) in [6.07, 6.45) is 0. The minimum atomic E-state index is -2.93. The lowest BCUT2D eigenvalue weighted by Gasteiger charge is -2.14. The van der Waals surface area contributed by atoms with E-state index in [1.165, 1.54) is 6.07 Å². The number of rotatable bonds is 9. The van der Waals surface area contributed by atoms with Crippen LogP contribution in [0.25, 0.3) is 11.4 Å². The average Bonchev–Trinajstić information content (AvgIpc) is 3.11. The van der Waals surface area contributed by atoms with Crippen LogP contribution in [0.4, 0.5) is 8.78 Å². The number of hydrogen-bond acceptors (Lipinski definition) is 6. The SMILES string of the molecule is CN(CCOc1ccc(Cl)cc1)Cc1nc(-c2ccccc2OC(F)F)no1. The first-order valence-electron chi connectivity index (χ1n) is 8.45. The highest BCUT2D eigenvalue weighted by molar-refractivity contribution is 6.30. The molecule has 0 aliphatic rings. The summed E-state index contributed by atoms with van der Waals surface area (Å²) in [5.41, 5.74) is 0.339. The average molecular weight is 410 g/mol. The molecule has 9 heteroatoms. The molecule has 0 radical (unpaired) electrons. The van der Waals surface area contributed by atoms with Crippen molar-refractivity contribution in [2.45, 2.75) is 13.2 Å². The van der Waals surface area contributed by atoms with Crippen LogP contribution in [-0.2, 0) is 6.54 Å². The van der Waals surface area contributed by atoms with Crippen molar-refractivity contribution in [3.05, 3.63) is 59.4 Å². The second-order valence-electron chi connectivity index (χ2n) is 5.93. The number of aromatic nitrogens is 2. The number of nitrogens with zero attached hydrogens (tertiary/aromatic N) is 3. The Hall–Kier alpha value is -2.71. The first-order chi connectivity index (χ1) is 13.5. The molecule has 6 nitrogen and oxygen atoms in total. The van der Waals surface area contributed by atoms with Crippen molar-refractivity contribution in [2.75, 3.05) is 20.2 Å². The summed E-state index contributed by atoms with van der Waals surface area (Å²) >= 11 is 5.84. The van der Waals surface area contributed by atoms with Crippen LogP contribution in [0.5, 0.6) is 11.5 Å². The predicted molar refractivity (Wildman–Crippen MR) is 99.6 cm³/mol. The minimum absolute atomic E-state index is 0.00503. The largest absolute Gasteiger partial charge is 0.492 e. The van der Waals surface area contributed by atoms with Gasteiger partial charge in [0.25, 0.3) is 0 Å². The molecule has 0 saturated heterocycles. The first-order valence-corrected chi connectivity index (χ1v) is 8.83. The van der Waals surface area contributed by atoms with E-state index in [-0.39, 0.29) is 11.6 Å². The summed E-state index contributed by atoms with van der Waals surface area (Å²) in [5.74, 6) is 1.27. The molecule has 0 aliphatic carbocycles. The predicted octanol–water partition coefficient (Wildman–Crippen LogP) is 4.50. The van der Waals surface area contributed by atoms with Gasteiger partial charge in [-0.15, -0.1) is 0 Å². The van der Waals surface area contributed by atoms with Crippen LogP contribution in [-0.4, -0.2) is 41.9 Å². The molecule has 0 saturated carbocycles. The number of ether oxygens (including phenoxy) is 2. The Labute approximate surface area is 165 Å².